The van der Waals surface area contributed by atoms with Gasteiger partial charge in [-0.1, -0.05) is 13.8 Å². The van der Waals surface area contributed by atoms with E-state index in [0.717, 1.165) is 5.06 Å². The molecular weight excluding hydrogens is 118 g/mol. The second kappa shape index (κ2) is 1.78. The first-order valence-electron chi connectivity index (χ1n) is 2.98. The van der Waals surface area contributed by atoms with E-state index in [2.05, 4.69) is 0 Å². The van der Waals surface area contributed by atoms with Gasteiger partial charge in [0.25, 0.3) is 0 Å². The van der Waals surface area contributed by atoms with E-state index in [9.17, 15) is 10.0 Å². The van der Waals surface area contributed by atoms with Crippen molar-refractivity contribution in [3.05, 3.63) is 0 Å². The van der Waals surface area contributed by atoms with Crippen LogP contribution in [0.1, 0.15) is 13.8 Å². The molecule has 1 rings (SSSR count). The van der Waals surface area contributed by atoms with E-state index in [0.29, 0.717) is 6.54 Å². The third-order valence-corrected chi connectivity index (χ3v) is 1.65. The van der Waals surface area contributed by atoms with Crippen LogP contribution < -0.4 is 0 Å². The zero-order valence-corrected chi connectivity index (χ0v) is 5.68. The molecule has 0 aromatic carbocycles. The third-order valence-electron chi connectivity index (χ3n) is 1.65. The Labute approximate surface area is 54.2 Å². The van der Waals surface area contributed by atoms with Crippen LogP contribution in [0.25, 0.3) is 0 Å². The highest BCUT2D eigenvalue weighted by Gasteiger charge is 2.37. The Morgan fingerprint density at radius 1 is 1.56 bits per heavy atom. The summed E-state index contributed by atoms with van der Waals surface area (Å²) < 4.78 is 0. The van der Waals surface area contributed by atoms with Gasteiger partial charge in [-0.25, -0.2) is 0 Å². The molecule has 51 valence electrons. The van der Waals surface area contributed by atoms with E-state index in [4.69, 9.17) is 0 Å². The average Bonchev–Trinajstić information content (AvgIpc) is 1.79. The molecule has 3 nitrogen and oxygen atoms in total. The van der Waals surface area contributed by atoms with Crippen LogP contribution in [-0.4, -0.2) is 23.9 Å². The van der Waals surface area contributed by atoms with Crippen molar-refractivity contribution in [2.75, 3.05) is 13.1 Å². The molecule has 0 aromatic heterocycles. The predicted octanol–water partition coefficient (Wildman–Crippen LogP) is 0.243. The van der Waals surface area contributed by atoms with Gasteiger partial charge in [-0.2, -0.15) is 0 Å². The smallest absolute Gasteiger partial charge is 0.156 e. The maximum absolute atomic E-state index is 10.9. The Kier molecular flexibility index (Phi) is 1.33. The number of nitrogens with zero attached hydrogens (tertiary/aromatic N) is 1. The van der Waals surface area contributed by atoms with Crippen LogP contribution >= 0.6 is 0 Å². The Balaban J connectivity index is 2.70. The lowest BCUT2D eigenvalue weighted by Gasteiger charge is -2.11. The molecule has 0 aliphatic carbocycles. The van der Waals surface area contributed by atoms with Crippen LogP contribution in [0.5, 0.6) is 0 Å². The summed E-state index contributed by atoms with van der Waals surface area (Å²) in [6, 6.07) is 0. The number of hydroxylamine groups is 2. The summed E-state index contributed by atoms with van der Waals surface area (Å²) in [4.78, 5) is 10.9. The number of ketones is 1. The first-order chi connectivity index (χ1) is 4.02. The summed E-state index contributed by atoms with van der Waals surface area (Å²) in [5.74, 6) is 0.0532. The second-order valence-electron chi connectivity index (χ2n) is 3.11. The van der Waals surface area contributed by atoms with Gasteiger partial charge in [-0.05, 0) is 0 Å². The SMILES string of the molecule is CC1(C)CN([O])CC1=O. The minimum atomic E-state index is -0.401. The van der Waals surface area contributed by atoms with Gasteiger partial charge in [0.15, 0.2) is 5.78 Å². The molecule has 0 bridgehead atoms. The quantitative estimate of drug-likeness (QED) is 0.469. The lowest BCUT2D eigenvalue weighted by Crippen LogP contribution is -2.21. The van der Waals surface area contributed by atoms with E-state index in [1.807, 2.05) is 0 Å². The Morgan fingerprint density at radius 2 is 2.11 bits per heavy atom. The Morgan fingerprint density at radius 3 is 2.22 bits per heavy atom. The lowest BCUT2D eigenvalue weighted by atomic mass is 9.92. The van der Waals surface area contributed by atoms with E-state index in [1.165, 1.54) is 0 Å². The van der Waals surface area contributed by atoms with Gasteiger partial charge in [0.2, 0.25) is 0 Å². The summed E-state index contributed by atoms with van der Waals surface area (Å²) in [5.41, 5.74) is -0.401. The molecule has 0 unspecified atom stereocenters. The molecule has 1 aliphatic heterocycles. The average molecular weight is 128 g/mol. The fourth-order valence-electron chi connectivity index (χ4n) is 0.959. The van der Waals surface area contributed by atoms with E-state index < -0.39 is 5.41 Å². The van der Waals surface area contributed by atoms with Crippen molar-refractivity contribution in [3.63, 3.8) is 0 Å². The monoisotopic (exact) mass is 128 g/mol. The van der Waals surface area contributed by atoms with Crippen LogP contribution in [0.3, 0.4) is 0 Å². The normalized spacial score (nSPS) is 27.2. The zero-order chi connectivity index (χ0) is 7.07. The zero-order valence-electron chi connectivity index (χ0n) is 5.68. The molecule has 1 fully saturated rings. The fraction of sp³-hybridized carbons (Fsp3) is 0.833. The molecule has 1 aliphatic rings. The number of Topliss-reactive ketones (excluding diaryl/α,β-unsaturated/α-hetero) is 1. The van der Waals surface area contributed by atoms with Gasteiger partial charge in [-0.15, -0.1) is 10.3 Å². The molecule has 0 amide bonds. The summed E-state index contributed by atoms with van der Waals surface area (Å²) in [6.45, 7) is 4.03. The summed E-state index contributed by atoms with van der Waals surface area (Å²) in [6.07, 6.45) is 0. The molecule has 1 heterocycles. The number of rotatable bonds is 0. The van der Waals surface area contributed by atoms with E-state index in [-0.39, 0.29) is 12.3 Å². The maximum Gasteiger partial charge on any atom is 0.156 e. The first-order valence-corrected chi connectivity index (χ1v) is 2.98. The molecule has 0 atom stereocenters. The van der Waals surface area contributed by atoms with Gasteiger partial charge >= 0.3 is 0 Å². The molecule has 0 aromatic rings. The molecule has 1 radical (unpaired) electrons. The summed E-state index contributed by atoms with van der Waals surface area (Å²) >= 11 is 0. The molecule has 0 saturated carbocycles. The van der Waals surface area contributed by atoms with Crippen LogP contribution in [0, 0.1) is 5.41 Å². The summed E-state index contributed by atoms with van der Waals surface area (Å²) in [7, 11) is 0. The molecule has 1 saturated heterocycles. The highest BCUT2D eigenvalue weighted by atomic mass is 16.5. The van der Waals surface area contributed by atoms with Crippen molar-refractivity contribution in [2.45, 2.75) is 13.8 Å². The standard InChI is InChI=1S/C6H10NO2/c1-6(2)4-7(9)3-5(6)8/h3-4H2,1-2H3. The van der Waals surface area contributed by atoms with Crippen molar-refractivity contribution >= 4 is 5.78 Å². The Hall–Kier alpha value is -0.410. The van der Waals surface area contributed by atoms with Gasteiger partial charge in [0, 0.05) is 12.0 Å². The van der Waals surface area contributed by atoms with Crippen LogP contribution in [0.4, 0.5) is 0 Å². The fourth-order valence-corrected chi connectivity index (χ4v) is 0.959. The first kappa shape index (κ1) is 6.71. The number of carbonyl (C=O) groups is 1. The highest BCUT2D eigenvalue weighted by Crippen LogP contribution is 2.23. The van der Waals surface area contributed by atoms with Gasteiger partial charge in [-0.3, -0.25) is 4.79 Å². The minimum Gasteiger partial charge on any atom is -0.297 e. The van der Waals surface area contributed by atoms with Crippen LogP contribution in [0.15, 0.2) is 0 Å². The van der Waals surface area contributed by atoms with Crippen molar-refractivity contribution in [2.24, 2.45) is 5.41 Å². The van der Waals surface area contributed by atoms with Crippen molar-refractivity contribution < 1.29 is 10.0 Å². The van der Waals surface area contributed by atoms with Gasteiger partial charge < -0.3 is 0 Å². The number of carbonyl (C=O) groups excluding carboxylic acids is 1. The van der Waals surface area contributed by atoms with Crippen LogP contribution in [0.2, 0.25) is 0 Å². The maximum atomic E-state index is 10.9. The number of hydrogen-bond donors (Lipinski definition) is 0. The van der Waals surface area contributed by atoms with Crippen molar-refractivity contribution in [3.8, 4) is 0 Å². The topological polar surface area (TPSA) is 40.2 Å². The Bertz CT molecular complexity index is 142. The molecule has 0 spiro atoms. The predicted molar refractivity (Wildman–Crippen MR) is 31.0 cm³/mol. The second-order valence-corrected chi connectivity index (χ2v) is 3.11. The van der Waals surface area contributed by atoms with Gasteiger partial charge in [0.05, 0.1) is 6.54 Å². The molecular formula is C6H10NO2. The van der Waals surface area contributed by atoms with Crippen LogP contribution in [-0.2, 0) is 10.0 Å². The van der Waals surface area contributed by atoms with Crippen molar-refractivity contribution in [1.29, 1.82) is 0 Å². The number of hydrogen-bond acceptors (Lipinski definition) is 2. The highest BCUT2D eigenvalue weighted by molar-refractivity contribution is 5.87. The largest absolute Gasteiger partial charge is 0.297 e. The minimum absolute atomic E-state index is 0.0532. The van der Waals surface area contributed by atoms with Gasteiger partial charge in [0.1, 0.15) is 0 Å². The van der Waals surface area contributed by atoms with Crippen molar-refractivity contribution in [1.82, 2.24) is 5.06 Å². The summed E-state index contributed by atoms with van der Waals surface area (Å²) in [5, 5.41) is 11.4. The molecule has 3 heteroatoms. The van der Waals surface area contributed by atoms with E-state index in [1.54, 1.807) is 13.8 Å². The third kappa shape index (κ3) is 1.11. The van der Waals surface area contributed by atoms with E-state index >= 15 is 0 Å². The molecule has 0 N–H and O–H groups in total. The lowest BCUT2D eigenvalue weighted by molar-refractivity contribution is -0.146. The molecule has 9 heavy (non-hydrogen) atoms.